The molecular weight excluding hydrogens is 286 g/mol. The van der Waals surface area contributed by atoms with Gasteiger partial charge < -0.3 is 10.5 Å². The Morgan fingerprint density at radius 1 is 1.19 bits per heavy atom. The Bertz CT molecular complexity index is 784. The number of hydrogen-bond acceptors (Lipinski definition) is 4. The van der Waals surface area contributed by atoms with Crippen LogP contribution >= 0.6 is 0 Å². The third-order valence-corrected chi connectivity index (χ3v) is 4.84. The van der Waals surface area contributed by atoms with Crippen LogP contribution in [-0.4, -0.2) is 21.3 Å². The zero-order valence-electron chi connectivity index (χ0n) is 11.7. The summed E-state index contributed by atoms with van der Waals surface area (Å²) in [7, 11) is -3.24. The number of fused-ring (bicyclic) bond motifs is 1. The first-order valence-corrected chi connectivity index (χ1v) is 8.66. The Balaban J connectivity index is 2.04. The molecule has 21 heavy (non-hydrogen) atoms. The highest BCUT2D eigenvalue weighted by molar-refractivity contribution is 7.90. The van der Waals surface area contributed by atoms with Gasteiger partial charge in [-0.1, -0.05) is 30.3 Å². The predicted molar refractivity (Wildman–Crippen MR) is 81.2 cm³/mol. The zero-order valence-corrected chi connectivity index (χ0v) is 12.6. The molecule has 0 saturated heterocycles. The molecule has 0 aliphatic carbocycles. The van der Waals surface area contributed by atoms with Crippen LogP contribution in [0.3, 0.4) is 0 Å². The van der Waals surface area contributed by atoms with Gasteiger partial charge in [-0.05, 0) is 23.3 Å². The molecule has 1 aliphatic heterocycles. The first-order valence-electron chi connectivity index (χ1n) is 6.77. The van der Waals surface area contributed by atoms with E-state index in [9.17, 15) is 8.42 Å². The van der Waals surface area contributed by atoms with Crippen LogP contribution in [0.25, 0.3) is 0 Å². The highest BCUT2D eigenvalue weighted by Gasteiger charge is 2.21. The van der Waals surface area contributed by atoms with Crippen LogP contribution in [0.2, 0.25) is 0 Å². The summed E-state index contributed by atoms with van der Waals surface area (Å²) in [6, 6.07) is 12.3. The van der Waals surface area contributed by atoms with Crippen LogP contribution in [0, 0.1) is 0 Å². The molecule has 0 saturated carbocycles. The van der Waals surface area contributed by atoms with E-state index in [-0.39, 0.29) is 4.90 Å². The molecule has 0 radical (unpaired) electrons. The minimum Gasteiger partial charge on any atom is -0.493 e. The molecule has 0 aromatic heterocycles. The standard InChI is InChI=1S/C16H17NO3S/c1-21(18,19)13-6-2-5-12(10-13)15(17)14-7-3-4-11-8-9-20-16(11)14/h2-7,10,15H,8-9,17H2,1H3. The molecule has 2 N–H and O–H groups in total. The summed E-state index contributed by atoms with van der Waals surface area (Å²) in [5.74, 6) is 0.842. The maximum atomic E-state index is 11.7. The summed E-state index contributed by atoms with van der Waals surface area (Å²) in [4.78, 5) is 0.281. The molecular formula is C16H17NO3S. The highest BCUT2D eigenvalue weighted by Crippen LogP contribution is 2.35. The zero-order chi connectivity index (χ0) is 15.0. The van der Waals surface area contributed by atoms with Crippen molar-refractivity contribution in [3.05, 3.63) is 59.2 Å². The van der Waals surface area contributed by atoms with E-state index in [0.29, 0.717) is 6.61 Å². The summed E-state index contributed by atoms with van der Waals surface area (Å²) in [6.45, 7) is 0.669. The molecule has 0 fully saturated rings. The van der Waals surface area contributed by atoms with E-state index in [1.807, 2.05) is 24.3 Å². The normalized spacial score (nSPS) is 15.3. The quantitative estimate of drug-likeness (QED) is 0.942. The minimum atomic E-state index is -3.24. The lowest BCUT2D eigenvalue weighted by Gasteiger charge is -2.16. The predicted octanol–water partition coefficient (Wildman–Crippen LogP) is 2.07. The van der Waals surface area contributed by atoms with Crippen LogP contribution in [0.5, 0.6) is 5.75 Å². The SMILES string of the molecule is CS(=O)(=O)c1cccc(C(N)c2cccc3c2OCC3)c1. The molecule has 3 rings (SSSR count). The number of nitrogens with two attached hydrogens (primary N) is 1. The lowest BCUT2D eigenvalue weighted by atomic mass is 9.97. The smallest absolute Gasteiger partial charge is 0.175 e. The van der Waals surface area contributed by atoms with Crippen molar-refractivity contribution in [2.75, 3.05) is 12.9 Å². The number of hydrogen-bond donors (Lipinski definition) is 1. The number of para-hydroxylation sites is 1. The molecule has 2 aromatic carbocycles. The van der Waals surface area contributed by atoms with Gasteiger partial charge in [-0.3, -0.25) is 0 Å². The molecule has 5 heteroatoms. The minimum absolute atomic E-state index is 0.281. The van der Waals surface area contributed by atoms with Gasteiger partial charge >= 0.3 is 0 Å². The fourth-order valence-electron chi connectivity index (χ4n) is 2.60. The maximum absolute atomic E-state index is 11.7. The van der Waals surface area contributed by atoms with Gasteiger partial charge in [0.25, 0.3) is 0 Å². The van der Waals surface area contributed by atoms with Crippen molar-refractivity contribution < 1.29 is 13.2 Å². The van der Waals surface area contributed by atoms with Gasteiger partial charge in [0, 0.05) is 18.2 Å². The van der Waals surface area contributed by atoms with Crippen LogP contribution in [-0.2, 0) is 16.3 Å². The van der Waals surface area contributed by atoms with E-state index >= 15 is 0 Å². The van der Waals surface area contributed by atoms with Crippen LogP contribution in [0.15, 0.2) is 47.4 Å². The average molecular weight is 303 g/mol. The number of sulfone groups is 1. The van der Waals surface area contributed by atoms with Gasteiger partial charge in [0.2, 0.25) is 0 Å². The van der Waals surface area contributed by atoms with Gasteiger partial charge in [-0.15, -0.1) is 0 Å². The number of benzene rings is 2. The molecule has 0 amide bonds. The largest absolute Gasteiger partial charge is 0.493 e. The summed E-state index contributed by atoms with van der Waals surface area (Å²) in [6.07, 6.45) is 2.08. The second-order valence-electron chi connectivity index (χ2n) is 5.26. The Labute approximate surface area is 124 Å². The molecule has 1 atom stereocenters. The average Bonchev–Trinajstić information content (AvgIpc) is 2.94. The van der Waals surface area contributed by atoms with Gasteiger partial charge in [0.15, 0.2) is 9.84 Å². The van der Waals surface area contributed by atoms with E-state index in [1.165, 1.54) is 6.26 Å². The van der Waals surface area contributed by atoms with Gasteiger partial charge in [0.1, 0.15) is 5.75 Å². The second kappa shape index (κ2) is 5.16. The van der Waals surface area contributed by atoms with Crippen molar-refractivity contribution in [3.63, 3.8) is 0 Å². The summed E-state index contributed by atoms with van der Waals surface area (Å²) in [5.41, 5.74) is 9.15. The van der Waals surface area contributed by atoms with E-state index in [0.717, 1.165) is 28.9 Å². The highest BCUT2D eigenvalue weighted by atomic mass is 32.2. The lowest BCUT2D eigenvalue weighted by Crippen LogP contribution is -2.13. The fraction of sp³-hybridized carbons (Fsp3) is 0.250. The third kappa shape index (κ3) is 2.66. The molecule has 4 nitrogen and oxygen atoms in total. The van der Waals surface area contributed by atoms with Crippen molar-refractivity contribution in [3.8, 4) is 5.75 Å². The van der Waals surface area contributed by atoms with Crippen LogP contribution < -0.4 is 10.5 Å². The van der Waals surface area contributed by atoms with Gasteiger partial charge in [-0.2, -0.15) is 0 Å². The summed E-state index contributed by atoms with van der Waals surface area (Å²) >= 11 is 0. The van der Waals surface area contributed by atoms with Crippen molar-refractivity contribution in [1.82, 2.24) is 0 Å². The first kappa shape index (κ1) is 14.1. The lowest BCUT2D eigenvalue weighted by molar-refractivity contribution is 0.352. The monoisotopic (exact) mass is 303 g/mol. The van der Waals surface area contributed by atoms with Crippen LogP contribution in [0.4, 0.5) is 0 Å². The fourth-order valence-corrected chi connectivity index (χ4v) is 3.28. The Kier molecular flexibility index (Phi) is 3.47. The molecule has 1 heterocycles. The van der Waals surface area contributed by atoms with E-state index in [2.05, 4.69) is 0 Å². The van der Waals surface area contributed by atoms with Gasteiger partial charge in [-0.25, -0.2) is 8.42 Å². The molecule has 1 unspecified atom stereocenters. The second-order valence-corrected chi connectivity index (χ2v) is 7.27. The Morgan fingerprint density at radius 3 is 2.71 bits per heavy atom. The van der Waals surface area contributed by atoms with E-state index in [1.54, 1.807) is 18.2 Å². The third-order valence-electron chi connectivity index (χ3n) is 3.73. The number of ether oxygens (including phenoxy) is 1. The Hall–Kier alpha value is -1.85. The van der Waals surface area contributed by atoms with E-state index < -0.39 is 15.9 Å². The molecule has 0 spiro atoms. The van der Waals surface area contributed by atoms with Crippen molar-refractivity contribution in [2.45, 2.75) is 17.4 Å². The topological polar surface area (TPSA) is 69.4 Å². The van der Waals surface area contributed by atoms with Crippen molar-refractivity contribution in [2.24, 2.45) is 5.73 Å². The van der Waals surface area contributed by atoms with Gasteiger partial charge in [0.05, 0.1) is 17.5 Å². The van der Waals surface area contributed by atoms with Crippen molar-refractivity contribution in [1.29, 1.82) is 0 Å². The summed E-state index contributed by atoms with van der Waals surface area (Å²) < 4.78 is 29.0. The van der Waals surface area contributed by atoms with E-state index in [4.69, 9.17) is 10.5 Å². The summed E-state index contributed by atoms with van der Waals surface area (Å²) in [5, 5.41) is 0. The maximum Gasteiger partial charge on any atom is 0.175 e. The molecule has 110 valence electrons. The Morgan fingerprint density at radius 2 is 1.95 bits per heavy atom. The first-order chi connectivity index (χ1) is 9.97. The van der Waals surface area contributed by atoms with Crippen molar-refractivity contribution >= 4 is 9.84 Å². The number of rotatable bonds is 3. The molecule has 0 bridgehead atoms. The molecule has 2 aromatic rings. The van der Waals surface area contributed by atoms with Crippen LogP contribution in [0.1, 0.15) is 22.7 Å². The molecule has 1 aliphatic rings.